The van der Waals surface area contributed by atoms with Crippen LogP contribution in [-0.4, -0.2) is 12.5 Å². The molecule has 2 nitrogen and oxygen atoms in total. The zero-order valence-electron chi connectivity index (χ0n) is 11.1. The second kappa shape index (κ2) is 6.59. The van der Waals surface area contributed by atoms with E-state index in [-0.39, 0.29) is 11.5 Å². The summed E-state index contributed by atoms with van der Waals surface area (Å²) in [4.78, 5) is 11.7. The Kier molecular flexibility index (Phi) is 5.39. The zero-order chi connectivity index (χ0) is 14.5. The number of carbonyl (C=O) groups is 1. The Morgan fingerprint density at radius 2 is 1.68 bits per heavy atom. The number of nitrogens with one attached hydrogen (secondary N) is 1. The topological polar surface area (TPSA) is 29.1 Å². The Bertz CT molecular complexity index is 408. The molecular formula is C14H18F3NO. The van der Waals surface area contributed by atoms with E-state index in [0.717, 1.165) is 25.0 Å². The number of alkyl halides is 3. The van der Waals surface area contributed by atoms with E-state index in [1.165, 1.54) is 12.1 Å². The van der Waals surface area contributed by atoms with Gasteiger partial charge in [0.15, 0.2) is 0 Å². The maximum atomic E-state index is 12.4. The van der Waals surface area contributed by atoms with Crippen LogP contribution in [0.1, 0.15) is 42.6 Å². The Morgan fingerprint density at radius 3 is 2.11 bits per heavy atom. The first kappa shape index (κ1) is 15.5. The molecule has 1 N–H and O–H groups in total. The van der Waals surface area contributed by atoms with E-state index in [9.17, 15) is 18.0 Å². The fourth-order valence-electron chi connectivity index (χ4n) is 1.73. The third-order valence-corrected chi connectivity index (χ3v) is 3.18. The monoisotopic (exact) mass is 273 g/mol. The fourth-order valence-corrected chi connectivity index (χ4v) is 1.73. The Hall–Kier alpha value is -1.52. The molecule has 1 rings (SSSR count). The van der Waals surface area contributed by atoms with Crippen molar-refractivity contribution in [3.05, 3.63) is 35.4 Å². The summed E-state index contributed by atoms with van der Waals surface area (Å²) in [5.74, 6) is 0.0685. The summed E-state index contributed by atoms with van der Waals surface area (Å²) in [5.41, 5.74) is -0.497. The molecule has 0 aliphatic heterocycles. The standard InChI is InChI=1S/C14H18F3NO/c1-3-10(4-2)9-18-13(19)11-5-7-12(8-6-11)14(15,16)17/h5-8,10H,3-4,9H2,1-2H3,(H,18,19). The van der Waals surface area contributed by atoms with Crippen molar-refractivity contribution in [2.75, 3.05) is 6.54 Å². The van der Waals surface area contributed by atoms with Crippen LogP contribution in [-0.2, 0) is 6.18 Å². The van der Waals surface area contributed by atoms with E-state index in [1.54, 1.807) is 0 Å². The molecule has 0 radical (unpaired) electrons. The van der Waals surface area contributed by atoms with Crippen LogP contribution in [0.25, 0.3) is 0 Å². The second-order valence-corrected chi connectivity index (χ2v) is 4.47. The van der Waals surface area contributed by atoms with E-state index >= 15 is 0 Å². The lowest BCUT2D eigenvalue weighted by molar-refractivity contribution is -0.137. The first-order valence-corrected chi connectivity index (χ1v) is 6.33. The Balaban J connectivity index is 2.63. The largest absolute Gasteiger partial charge is 0.416 e. The Morgan fingerprint density at radius 1 is 1.16 bits per heavy atom. The number of carbonyl (C=O) groups excluding carboxylic acids is 1. The molecule has 19 heavy (non-hydrogen) atoms. The summed E-state index contributed by atoms with van der Waals surface area (Å²) in [6, 6.07) is 4.24. The normalized spacial score (nSPS) is 11.7. The molecule has 1 aromatic rings. The molecule has 0 bridgehead atoms. The van der Waals surface area contributed by atoms with Gasteiger partial charge in [0.05, 0.1) is 5.56 Å². The van der Waals surface area contributed by atoms with Crippen molar-refractivity contribution in [1.29, 1.82) is 0 Å². The minimum absolute atomic E-state index is 0.249. The van der Waals surface area contributed by atoms with Gasteiger partial charge in [0.25, 0.3) is 5.91 Å². The second-order valence-electron chi connectivity index (χ2n) is 4.47. The van der Waals surface area contributed by atoms with Crippen molar-refractivity contribution < 1.29 is 18.0 Å². The smallest absolute Gasteiger partial charge is 0.352 e. The highest BCUT2D eigenvalue weighted by atomic mass is 19.4. The van der Waals surface area contributed by atoms with Gasteiger partial charge in [0.1, 0.15) is 0 Å². The van der Waals surface area contributed by atoms with E-state index in [1.807, 2.05) is 13.8 Å². The highest BCUT2D eigenvalue weighted by Crippen LogP contribution is 2.29. The molecule has 5 heteroatoms. The number of hydrogen-bond donors (Lipinski definition) is 1. The molecule has 0 saturated carbocycles. The molecule has 0 aliphatic carbocycles. The third kappa shape index (κ3) is 4.58. The summed E-state index contributed by atoms with van der Waals surface area (Å²) in [6.07, 6.45) is -2.45. The van der Waals surface area contributed by atoms with Gasteiger partial charge in [-0.2, -0.15) is 13.2 Å². The lowest BCUT2D eigenvalue weighted by atomic mass is 10.0. The molecule has 1 amide bonds. The van der Waals surface area contributed by atoms with Crippen molar-refractivity contribution in [1.82, 2.24) is 5.32 Å². The lowest BCUT2D eigenvalue weighted by Crippen LogP contribution is -2.28. The van der Waals surface area contributed by atoms with Crippen LogP contribution in [0.4, 0.5) is 13.2 Å². The number of hydrogen-bond acceptors (Lipinski definition) is 1. The first-order chi connectivity index (χ1) is 8.88. The average molecular weight is 273 g/mol. The summed E-state index contributed by atoms with van der Waals surface area (Å²) in [6.45, 7) is 4.63. The van der Waals surface area contributed by atoms with Crippen LogP contribution in [0.15, 0.2) is 24.3 Å². The van der Waals surface area contributed by atoms with Crippen LogP contribution in [0.5, 0.6) is 0 Å². The summed E-state index contributed by atoms with van der Waals surface area (Å²) in [7, 11) is 0. The molecule has 1 aromatic carbocycles. The SMILES string of the molecule is CCC(CC)CNC(=O)c1ccc(C(F)(F)F)cc1. The quantitative estimate of drug-likeness (QED) is 0.867. The predicted octanol–water partition coefficient (Wildman–Crippen LogP) is 3.87. The van der Waals surface area contributed by atoms with E-state index in [0.29, 0.717) is 12.5 Å². The lowest BCUT2D eigenvalue weighted by Gasteiger charge is -2.13. The zero-order valence-corrected chi connectivity index (χ0v) is 11.1. The van der Waals surface area contributed by atoms with Crippen LogP contribution < -0.4 is 5.32 Å². The fraction of sp³-hybridized carbons (Fsp3) is 0.500. The van der Waals surface area contributed by atoms with Gasteiger partial charge in [-0.3, -0.25) is 4.79 Å². The third-order valence-electron chi connectivity index (χ3n) is 3.18. The molecule has 0 heterocycles. The van der Waals surface area contributed by atoms with Gasteiger partial charge in [0, 0.05) is 12.1 Å². The highest BCUT2D eigenvalue weighted by Gasteiger charge is 2.30. The van der Waals surface area contributed by atoms with Gasteiger partial charge in [-0.25, -0.2) is 0 Å². The minimum atomic E-state index is -4.37. The van der Waals surface area contributed by atoms with Crippen LogP contribution in [0, 0.1) is 5.92 Å². The molecule has 106 valence electrons. The maximum absolute atomic E-state index is 12.4. The van der Waals surface area contributed by atoms with Gasteiger partial charge in [-0.05, 0) is 30.2 Å². The average Bonchev–Trinajstić information content (AvgIpc) is 2.39. The van der Waals surface area contributed by atoms with Crippen LogP contribution in [0.3, 0.4) is 0 Å². The minimum Gasteiger partial charge on any atom is -0.352 e. The Labute approximate surface area is 111 Å². The predicted molar refractivity (Wildman–Crippen MR) is 67.8 cm³/mol. The number of amides is 1. The van der Waals surface area contributed by atoms with Crippen LogP contribution >= 0.6 is 0 Å². The summed E-state index contributed by atoms with van der Waals surface area (Å²) in [5, 5.41) is 2.74. The van der Waals surface area contributed by atoms with Crippen molar-refractivity contribution in [2.24, 2.45) is 5.92 Å². The molecule has 0 aliphatic rings. The van der Waals surface area contributed by atoms with Crippen LogP contribution in [0.2, 0.25) is 0 Å². The molecule has 0 saturated heterocycles. The van der Waals surface area contributed by atoms with E-state index < -0.39 is 11.7 Å². The summed E-state index contributed by atoms with van der Waals surface area (Å²) >= 11 is 0. The molecule has 0 aromatic heterocycles. The van der Waals surface area contributed by atoms with Gasteiger partial charge in [0.2, 0.25) is 0 Å². The first-order valence-electron chi connectivity index (χ1n) is 6.33. The van der Waals surface area contributed by atoms with Gasteiger partial charge < -0.3 is 5.32 Å². The van der Waals surface area contributed by atoms with E-state index in [2.05, 4.69) is 5.32 Å². The number of rotatable bonds is 5. The van der Waals surface area contributed by atoms with Crippen molar-refractivity contribution in [2.45, 2.75) is 32.9 Å². The van der Waals surface area contributed by atoms with Gasteiger partial charge >= 0.3 is 6.18 Å². The van der Waals surface area contributed by atoms with Crippen molar-refractivity contribution in [3.8, 4) is 0 Å². The van der Waals surface area contributed by atoms with E-state index in [4.69, 9.17) is 0 Å². The van der Waals surface area contributed by atoms with Crippen molar-refractivity contribution in [3.63, 3.8) is 0 Å². The van der Waals surface area contributed by atoms with Gasteiger partial charge in [-0.1, -0.05) is 26.7 Å². The number of benzene rings is 1. The molecule has 0 fully saturated rings. The number of halogens is 3. The molecule has 0 spiro atoms. The van der Waals surface area contributed by atoms with Crippen molar-refractivity contribution >= 4 is 5.91 Å². The molecular weight excluding hydrogens is 255 g/mol. The molecule has 0 atom stereocenters. The summed E-state index contributed by atoms with van der Waals surface area (Å²) < 4.78 is 37.1. The molecule has 0 unspecified atom stereocenters. The highest BCUT2D eigenvalue weighted by molar-refractivity contribution is 5.94. The maximum Gasteiger partial charge on any atom is 0.416 e. The van der Waals surface area contributed by atoms with Gasteiger partial charge in [-0.15, -0.1) is 0 Å².